The third-order valence-electron chi connectivity index (χ3n) is 2.91. The van der Waals surface area contributed by atoms with E-state index in [1.807, 2.05) is 30.3 Å². The molecule has 0 radical (unpaired) electrons. The van der Waals surface area contributed by atoms with Crippen LogP contribution in [0.5, 0.6) is 11.5 Å². The van der Waals surface area contributed by atoms with Gasteiger partial charge >= 0.3 is 0 Å². The van der Waals surface area contributed by atoms with Crippen LogP contribution in [-0.4, -0.2) is 14.2 Å². The third kappa shape index (κ3) is 2.22. The maximum atomic E-state index is 6.02. The molecule has 3 rings (SSSR count). The molecule has 2 aromatic rings. The van der Waals surface area contributed by atoms with E-state index < -0.39 is 0 Å². The van der Waals surface area contributed by atoms with Crippen molar-refractivity contribution in [2.24, 2.45) is 0 Å². The van der Waals surface area contributed by atoms with Gasteiger partial charge < -0.3 is 14.8 Å². The zero-order chi connectivity index (χ0) is 13.4. The fourth-order valence-corrected chi connectivity index (χ4v) is 3.20. The van der Waals surface area contributed by atoms with Crippen LogP contribution < -0.4 is 14.8 Å². The number of hydrogen-bond acceptors (Lipinski definition) is 4. The average molecular weight is 294 g/mol. The number of hydrogen-bond donors (Lipinski definition) is 1. The van der Waals surface area contributed by atoms with Crippen LogP contribution in [-0.2, 0) is 0 Å². The van der Waals surface area contributed by atoms with Gasteiger partial charge in [0.2, 0.25) is 0 Å². The highest BCUT2D eigenvalue weighted by molar-refractivity contribution is 7.99. The van der Waals surface area contributed by atoms with E-state index in [2.05, 4.69) is 5.32 Å². The highest BCUT2D eigenvalue weighted by atomic mass is 35.5. The smallest absolute Gasteiger partial charge is 0.138 e. The summed E-state index contributed by atoms with van der Waals surface area (Å²) in [4.78, 5) is 2.18. The van der Waals surface area contributed by atoms with Crippen molar-refractivity contribution < 1.29 is 9.47 Å². The topological polar surface area (TPSA) is 30.5 Å². The minimum atomic E-state index is 0.713. The Morgan fingerprint density at radius 3 is 2.63 bits per heavy atom. The highest BCUT2D eigenvalue weighted by Crippen LogP contribution is 2.50. The van der Waals surface area contributed by atoms with Gasteiger partial charge in [0.1, 0.15) is 11.5 Å². The molecule has 0 fully saturated rings. The van der Waals surface area contributed by atoms with Gasteiger partial charge in [0, 0.05) is 22.1 Å². The summed E-state index contributed by atoms with van der Waals surface area (Å²) in [6.45, 7) is 0. The van der Waals surface area contributed by atoms with Crippen LogP contribution >= 0.6 is 23.4 Å². The van der Waals surface area contributed by atoms with E-state index in [9.17, 15) is 0 Å². The first-order valence-electron chi connectivity index (χ1n) is 5.71. The van der Waals surface area contributed by atoms with Gasteiger partial charge in [0.25, 0.3) is 0 Å². The first-order chi connectivity index (χ1) is 9.21. The maximum Gasteiger partial charge on any atom is 0.138 e. The van der Waals surface area contributed by atoms with Gasteiger partial charge in [0.05, 0.1) is 30.5 Å². The van der Waals surface area contributed by atoms with Crippen molar-refractivity contribution in [1.82, 2.24) is 0 Å². The van der Waals surface area contributed by atoms with Gasteiger partial charge in [-0.1, -0.05) is 23.4 Å². The number of benzene rings is 2. The Morgan fingerprint density at radius 2 is 1.89 bits per heavy atom. The summed E-state index contributed by atoms with van der Waals surface area (Å²) in [6, 6.07) is 9.64. The third-order valence-corrected chi connectivity index (χ3v) is 4.34. The largest absolute Gasteiger partial charge is 0.497 e. The standard InChI is InChI=1S/C14H12ClNO2S/c1-17-9-6-11-14(12(7-9)18-2)19-13-4-3-8(15)5-10(13)16-11/h3-7,16H,1-2H3. The Bertz CT molecular complexity index is 646. The molecular formula is C14H12ClNO2S. The second-order valence-electron chi connectivity index (χ2n) is 4.07. The molecule has 0 aliphatic carbocycles. The normalized spacial score (nSPS) is 12.2. The number of fused-ring (bicyclic) bond motifs is 2. The van der Waals surface area contributed by atoms with E-state index in [-0.39, 0.29) is 0 Å². The predicted octanol–water partition coefficient (Wildman–Crippen LogP) is 4.57. The lowest BCUT2D eigenvalue weighted by atomic mass is 10.2. The summed E-state index contributed by atoms with van der Waals surface area (Å²) in [5, 5.41) is 4.08. The molecule has 1 heterocycles. The summed E-state index contributed by atoms with van der Waals surface area (Å²) in [5.41, 5.74) is 1.97. The van der Waals surface area contributed by atoms with Gasteiger partial charge in [-0.15, -0.1) is 0 Å². The quantitative estimate of drug-likeness (QED) is 0.750. The van der Waals surface area contributed by atoms with Crippen LogP contribution in [0.2, 0.25) is 5.02 Å². The number of anilines is 2. The average Bonchev–Trinajstić information content (AvgIpc) is 2.43. The molecule has 19 heavy (non-hydrogen) atoms. The molecule has 1 N–H and O–H groups in total. The molecule has 1 aliphatic heterocycles. The summed E-state index contributed by atoms with van der Waals surface area (Å²) in [5.74, 6) is 1.56. The van der Waals surface area contributed by atoms with E-state index in [1.54, 1.807) is 26.0 Å². The summed E-state index contributed by atoms with van der Waals surface area (Å²) in [6.07, 6.45) is 0. The van der Waals surface area contributed by atoms with Crippen molar-refractivity contribution in [1.29, 1.82) is 0 Å². The second-order valence-corrected chi connectivity index (χ2v) is 5.56. The predicted molar refractivity (Wildman–Crippen MR) is 78.4 cm³/mol. The van der Waals surface area contributed by atoms with Crippen molar-refractivity contribution in [3.63, 3.8) is 0 Å². The van der Waals surface area contributed by atoms with Gasteiger partial charge in [-0.3, -0.25) is 0 Å². The molecular weight excluding hydrogens is 282 g/mol. The fraction of sp³-hybridized carbons (Fsp3) is 0.143. The molecule has 0 spiro atoms. The minimum Gasteiger partial charge on any atom is -0.497 e. The molecule has 0 amide bonds. The van der Waals surface area contributed by atoms with Crippen molar-refractivity contribution in [2.45, 2.75) is 9.79 Å². The highest BCUT2D eigenvalue weighted by Gasteiger charge is 2.20. The van der Waals surface area contributed by atoms with Gasteiger partial charge in [-0.25, -0.2) is 0 Å². The first-order valence-corrected chi connectivity index (χ1v) is 6.91. The zero-order valence-electron chi connectivity index (χ0n) is 10.5. The second kappa shape index (κ2) is 4.87. The van der Waals surface area contributed by atoms with Crippen LogP contribution in [0, 0.1) is 0 Å². The van der Waals surface area contributed by atoms with E-state index in [0.29, 0.717) is 5.02 Å². The number of rotatable bonds is 2. The zero-order valence-corrected chi connectivity index (χ0v) is 12.1. The molecule has 98 valence electrons. The van der Waals surface area contributed by atoms with E-state index in [4.69, 9.17) is 21.1 Å². The maximum absolute atomic E-state index is 6.02. The molecule has 5 heteroatoms. The Kier molecular flexibility index (Phi) is 3.21. The van der Waals surface area contributed by atoms with Crippen molar-refractivity contribution in [3.8, 4) is 11.5 Å². The van der Waals surface area contributed by atoms with Crippen LogP contribution in [0.25, 0.3) is 0 Å². The van der Waals surface area contributed by atoms with E-state index in [0.717, 1.165) is 32.7 Å². The molecule has 0 aromatic heterocycles. The van der Waals surface area contributed by atoms with Gasteiger partial charge in [-0.05, 0) is 18.2 Å². The van der Waals surface area contributed by atoms with Crippen molar-refractivity contribution in [3.05, 3.63) is 35.4 Å². The molecule has 0 bridgehead atoms. The van der Waals surface area contributed by atoms with Gasteiger partial charge in [-0.2, -0.15) is 0 Å². The van der Waals surface area contributed by atoms with Crippen LogP contribution in [0.4, 0.5) is 11.4 Å². The Hall–Kier alpha value is -1.52. The van der Waals surface area contributed by atoms with Crippen LogP contribution in [0.3, 0.4) is 0 Å². The van der Waals surface area contributed by atoms with Crippen molar-refractivity contribution in [2.75, 3.05) is 19.5 Å². The fourth-order valence-electron chi connectivity index (χ4n) is 1.99. The molecule has 0 unspecified atom stereocenters. The monoisotopic (exact) mass is 293 g/mol. The number of methoxy groups -OCH3 is 2. The molecule has 2 aromatic carbocycles. The lowest BCUT2D eigenvalue weighted by Gasteiger charge is -2.23. The van der Waals surface area contributed by atoms with Crippen LogP contribution in [0.1, 0.15) is 0 Å². The van der Waals surface area contributed by atoms with Crippen LogP contribution in [0.15, 0.2) is 40.1 Å². The number of ether oxygens (including phenoxy) is 2. The van der Waals surface area contributed by atoms with E-state index >= 15 is 0 Å². The molecule has 3 nitrogen and oxygen atoms in total. The summed E-state index contributed by atoms with van der Waals surface area (Å²) < 4.78 is 10.7. The van der Waals surface area contributed by atoms with Crippen molar-refractivity contribution >= 4 is 34.7 Å². The number of halogens is 1. The molecule has 0 saturated carbocycles. The number of nitrogens with one attached hydrogen (secondary N) is 1. The Morgan fingerprint density at radius 1 is 1.05 bits per heavy atom. The molecule has 1 aliphatic rings. The SMILES string of the molecule is COc1cc2c(c(OC)c1)Sc1ccc(Cl)cc1N2. The molecule has 0 saturated heterocycles. The van der Waals surface area contributed by atoms with E-state index in [1.165, 1.54) is 0 Å². The minimum absolute atomic E-state index is 0.713. The summed E-state index contributed by atoms with van der Waals surface area (Å²) >= 11 is 7.68. The lowest BCUT2D eigenvalue weighted by molar-refractivity contribution is 0.388. The summed E-state index contributed by atoms with van der Waals surface area (Å²) in [7, 11) is 3.30. The van der Waals surface area contributed by atoms with Gasteiger partial charge in [0.15, 0.2) is 0 Å². The Labute approximate surface area is 120 Å². The Balaban J connectivity index is 2.11. The first kappa shape index (κ1) is 12.5. The molecule has 0 atom stereocenters. The lowest BCUT2D eigenvalue weighted by Crippen LogP contribution is -2.02.